The number of piperidine rings is 1. The number of likely N-dealkylation sites (tertiary alicyclic amines) is 1. The van der Waals surface area contributed by atoms with E-state index in [1.807, 2.05) is 13.0 Å². The minimum absolute atomic E-state index is 0.0627. The smallest absolute Gasteiger partial charge is 0.308 e. The Hall–Kier alpha value is -1.36. The van der Waals surface area contributed by atoms with E-state index in [-0.39, 0.29) is 11.9 Å². The number of carbonyl (C=O) groups is 1. The third-order valence-electron chi connectivity index (χ3n) is 3.18. The molecule has 5 nitrogen and oxygen atoms in total. The van der Waals surface area contributed by atoms with E-state index in [0.717, 1.165) is 43.9 Å². The summed E-state index contributed by atoms with van der Waals surface area (Å²) in [4.78, 5) is 13.6. The summed E-state index contributed by atoms with van der Waals surface area (Å²) in [6.45, 7) is 4.49. The van der Waals surface area contributed by atoms with Gasteiger partial charge in [0.25, 0.3) is 0 Å². The molecule has 0 aromatic carbocycles. The Morgan fingerprint density at radius 1 is 1.59 bits per heavy atom. The van der Waals surface area contributed by atoms with Gasteiger partial charge in [0.05, 0.1) is 25.3 Å². The molecule has 0 bridgehead atoms. The average Bonchev–Trinajstić information content (AvgIpc) is 2.75. The van der Waals surface area contributed by atoms with Gasteiger partial charge in [0.15, 0.2) is 5.76 Å². The highest BCUT2D eigenvalue weighted by Gasteiger charge is 2.25. The van der Waals surface area contributed by atoms with Crippen molar-refractivity contribution in [3.8, 4) is 0 Å². The molecule has 0 atom stereocenters. The van der Waals surface area contributed by atoms with E-state index < -0.39 is 0 Å². The Labute approximate surface area is 101 Å². The topological polar surface area (TPSA) is 55.6 Å². The minimum Gasteiger partial charge on any atom is -0.469 e. The van der Waals surface area contributed by atoms with Crippen LogP contribution in [0.1, 0.15) is 24.3 Å². The van der Waals surface area contributed by atoms with Crippen LogP contribution in [0.15, 0.2) is 10.6 Å². The van der Waals surface area contributed by atoms with E-state index in [1.54, 1.807) is 0 Å². The Kier molecular flexibility index (Phi) is 3.78. The van der Waals surface area contributed by atoms with Crippen molar-refractivity contribution in [3.63, 3.8) is 0 Å². The van der Waals surface area contributed by atoms with E-state index >= 15 is 0 Å². The molecule has 1 aromatic heterocycles. The van der Waals surface area contributed by atoms with Crippen molar-refractivity contribution in [2.24, 2.45) is 5.92 Å². The molecule has 2 rings (SSSR count). The van der Waals surface area contributed by atoms with Crippen molar-refractivity contribution in [1.29, 1.82) is 0 Å². The van der Waals surface area contributed by atoms with Crippen molar-refractivity contribution in [3.05, 3.63) is 17.5 Å². The third kappa shape index (κ3) is 3.06. The van der Waals surface area contributed by atoms with Crippen LogP contribution in [-0.2, 0) is 16.1 Å². The quantitative estimate of drug-likeness (QED) is 0.744. The largest absolute Gasteiger partial charge is 0.469 e. The van der Waals surface area contributed by atoms with Crippen molar-refractivity contribution in [2.75, 3.05) is 20.2 Å². The number of esters is 1. The molecule has 1 aliphatic rings. The van der Waals surface area contributed by atoms with E-state index in [9.17, 15) is 4.79 Å². The lowest BCUT2D eigenvalue weighted by Crippen LogP contribution is -2.36. The second-order valence-electron chi connectivity index (χ2n) is 4.51. The van der Waals surface area contributed by atoms with Gasteiger partial charge in [-0.1, -0.05) is 5.16 Å². The predicted molar refractivity (Wildman–Crippen MR) is 61.3 cm³/mol. The highest BCUT2D eigenvalue weighted by molar-refractivity contribution is 5.72. The fraction of sp³-hybridized carbons (Fsp3) is 0.667. The van der Waals surface area contributed by atoms with Crippen LogP contribution in [0.25, 0.3) is 0 Å². The van der Waals surface area contributed by atoms with Crippen LogP contribution in [0, 0.1) is 12.8 Å². The molecule has 94 valence electrons. The summed E-state index contributed by atoms with van der Waals surface area (Å²) >= 11 is 0. The van der Waals surface area contributed by atoms with E-state index in [0.29, 0.717) is 0 Å². The first-order valence-electron chi connectivity index (χ1n) is 5.91. The van der Waals surface area contributed by atoms with Gasteiger partial charge < -0.3 is 9.26 Å². The number of hydrogen-bond donors (Lipinski definition) is 0. The van der Waals surface area contributed by atoms with E-state index in [4.69, 9.17) is 9.26 Å². The molecule has 0 spiro atoms. The van der Waals surface area contributed by atoms with Crippen LogP contribution in [0.2, 0.25) is 0 Å². The molecule has 0 amide bonds. The van der Waals surface area contributed by atoms with Crippen LogP contribution in [0.4, 0.5) is 0 Å². The normalized spacial score (nSPS) is 18.2. The number of aryl methyl sites for hydroxylation is 1. The standard InChI is InChI=1S/C12H18N2O3/c1-9-7-11(17-13-9)8-14-5-3-10(4-6-14)12(15)16-2/h7,10H,3-6,8H2,1-2H3. The molecule has 0 unspecified atom stereocenters. The predicted octanol–water partition coefficient (Wildman–Crippen LogP) is 1.37. The number of nitrogens with zero attached hydrogens (tertiary/aromatic N) is 2. The zero-order chi connectivity index (χ0) is 12.3. The summed E-state index contributed by atoms with van der Waals surface area (Å²) in [6.07, 6.45) is 1.72. The lowest BCUT2D eigenvalue weighted by Gasteiger charge is -2.29. The Balaban J connectivity index is 1.81. The molecular weight excluding hydrogens is 220 g/mol. The summed E-state index contributed by atoms with van der Waals surface area (Å²) in [6, 6.07) is 1.95. The van der Waals surface area contributed by atoms with Crippen LogP contribution in [0.3, 0.4) is 0 Å². The molecule has 17 heavy (non-hydrogen) atoms. The van der Waals surface area contributed by atoms with Crippen molar-refractivity contribution in [2.45, 2.75) is 26.3 Å². The first-order valence-corrected chi connectivity index (χ1v) is 5.91. The van der Waals surface area contributed by atoms with Gasteiger partial charge in [-0.2, -0.15) is 0 Å². The fourth-order valence-corrected chi connectivity index (χ4v) is 2.20. The molecule has 0 aliphatic carbocycles. The van der Waals surface area contributed by atoms with Gasteiger partial charge in [-0.25, -0.2) is 0 Å². The monoisotopic (exact) mass is 238 g/mol. The molecule has 1 aromatic rings. The van der Waals surface area contributed by atoms with Gasteiger partial charge in [0, 0.05) is 6.07 Å². The van der Waals surface area contributed by atoms with Crippen LogP contribution in [0.5, 0.6) is 0 Å². The summed E-state index contributed by atoms with van der Waals surface area (Å²) in [5.41, 5.74) is 0.907. The van der Waals surface area contributed by atoms with E-state index in [1.165, 1.54) is 7.11 Å². The Bertz CT molecular complexity index is 381. The van der Waals surface area contributed by atoms with Crippen LogP contribution in [-0.4, -0.2) is 36.2 Å². The maximum absolute atomic E-state index is 11.4. The molecular formula is C12H18N2O3. The van der Waals surface area contributed by atoms with Gasteiger partial charge in [-0.3, -0.25) is 9.69 Å². The third-order valence-corrected chi connectivity index (χ3v) is 3.18. The number of methoxy groups -OCH3 is 1. The van der Waals surface area contributed by atoms with Crippen LogP contribution < -0.4 is 0 Å². The lowest BCUT2D eigenvalue weighted by atomic mass is 9.97. The summed E-state index contributed by atoms with van der Waals surface area (Å²) in [7, 11) is 1.45. The second kappa shape index (κ2) is 5.31. The average molecular weight is 238 g/mol. The van der Waals surface area contributed by atoms with Crippen molar-refractivity contribution >= 4 is 5.97 Å². The van der Waals surface area contributed by atoms with Gasteiger partial charge in [-0.15, -0.1) is 0 Å². The summed E-state index contributed by atoms with van der Waals surface area (Å²) in [5, 5.41) is 3.86. The highest BCUT2D eigenvalue weighted by Crippen LogP contribution is 2.20. The first kappa shape index (κ1) is 12.1. The summed E-state index contributed by atoms with van der Waals surface area (Å²) in [5.74, 6) is 0.867. The Morgan fingerprint density at radius 2 is 2.29 bits per heavy atom. The Morgan fingerprint density at radius 3 is 2.82 bits per heavy atom. The zero-order valence-corrected chi connectivity index (χ0v) is 10.3. The van der Waals surface area contributed by atoms with Gasteiger partial charge in [0.1, 0.15) is 0 Å². The lowest BCUT2D eigenvalue weighted by molar-refractivity contribution is -0.147. The SMILES string of the molecule is COC(=O)C1CCN(Cc2cc(C)no2)CC1. The molecule has 2 heterocycles. The number of aromatic nitrogens is 1. The fourth-order valence-electron chi connectivity index (χ4n) is 2.20. The van der Waals surface area contributed by atoms with Gasteiger partial charge in [-0.05, 0) is 32.9 Å². The number of rotatable bonds is 3. The molecule has 0 N–H and O–H groups in total. The first-order chi connectivity index (χ1) is 8.19. The number of carbonyl (C=O) groups excluding carboxylic acids is 1. The van der Waals surface area contributed by atoms with Gasteiger partial charge in [0.2, 0.25) is 0 Å². The number of hydrogen-bond acceptors (Lipinski definition) is 5. The second-order valence-corrected chi connectivity index (χ2v) is 4.51. The van der Waals surface area contributed by atoms with E-state index in [2.05, 4.69) is 10.1 Å². The summed E-state index contributed by atoms with van der Waals surface area (Å²) < 4.78 is 9.94. The minimum atomic E-state index is -0.0832. The van der Waals surface area contributed by atoms with Gasteiger partial charge >= 0.3 is 5.97 Å². The molecule has 0 saturated carbocycles. The highest BCUT2D eigenvalue weighted by atomic mass is 16.5. The molecule has 1 aliphatic heterocycles. The maximum atomic E-state index is 11.4. The van der Waals surface area contributed by atoms with Crippen LogP contribution >= 0.6 is 0 Å². The number of ether oxygens (including phenoxy) is 1. The maximum Gasteiger partial charge on any atom is 0.308 e. The van der Waals surface area contributed by atoms with Crippen molar-refractivity contribution in [1.82, 2.24) is 10.1 Å². The molecule has 0 radical (unpaired) electrons. The zero-order valence-electron chi connectivity index (χ0n) is 10.3. The molecule has 1 fully saturated rings. The van der Waals surface area contributed by atoms with Crippen molar-refractivity contribution < 1.29 is 14.1 Å². The molecule has 5 heteroatoms. The molecule has 1 saturated heterocycles.